The summed E-state index contributed by atoms with van der Waals surface area (Å²) in [6.45, 7) is 1.02. The van der Waals surface area contributed by atoms with Gasteiger partial charge in [0.2, 0.25) is 5.91 Å². The van der Waals surface area contributed by atoms with Crippen LogP contribution in [0.4, 0.5) is 10.2 Å². The number of anilines is 1. The SMILES string of the molecule is N#CCC(=O)N1CCC[C@@H](Nc2nc(-c3cnn4ccccc34)ncc2F)C1. The highest BCUT2D eigenvalue weighted by Gasteiger charge is 2.24. The van der Waals surface area contributed by atoms with Gasteiger partial charge in [0.05, 0.1) is 29.5 Å². The van der Waals surface area contributed by atoms with E-state index in [1.54, 1.807) is 15.6 Å². The zero-order chi connectivity index (χ0) is 19.5. The number of nitrogens with one attached hydrogen (secondary N) is 1. The normalized spacial score (nSPS) is 16.7. The molecule has 1 atom stereocenters. The minimum Gasteiger partial charge on any atom is -0.363 e. The van der Waals surface area contributed by atoms with E-state index in [1.165, 1.54) is 0 Å². The van der Waals surface area contributed by atoms with Gasteiger partial charge >= 0.3 is 0 Å². The number of carbonyl (C=O) groups is 1. The molecule has 3 aromatic rings. The second kappa shape index (κ2) is 7.60. The molecule has 1 amide bonds. The van der Waals surface area contributed by atoms with Gasteiger partial charge in [0.15, 0.2) is 17.5 Å². The molecule has 0 aromatic carbocycles. The Kier molecular flexibility index (Phi) is 4.85. The van der Waals surface area contributed by atoms with E-state index < -0.39 is 5.82 Å². The molecule has 0 aliphatic carbocycles. The zero-order valence-electron chi connectivity index (χ0n) is 15.0. The van der Waals surface area contributed by atoms with E-state index in [2.05, 4.69) is 20.4 Å². The summed E-state index contributed by atoms with van der Waals surface area (Å²) in [5, 5.41) is 16.1. The molecule has 3 aromatic heterocycles. The quantitative estimate of drug-likeness (QED) is 0.746. The van der Waals surface area contributed by atoms with Crippen LogP contribution in [0.15, 0.2) is 36.8 Å². The molecule has 142 valence electrons. The zero-order valence-corrected chi connectivity index (χ0v) is 15.0. The van der Waals surface area contributed by atoms with Crippen LogP contribution in [0.25, 0.3) is 16.9 Å². The van der Waals surface area contributed by atoms with Crippen molar-refractivity contribution in [2.75, 3.05) is 18.4 Å². The minimum atomic E-state index is -0.555. The number of likely N-dealkylation sites (tertiary alicyclic amines) is 1. The van der Waals surface area contributed by atoms with Crippen LogP contribution in [0.1, 0.15) is 19.3 Å². The molecule has 0 bridgehead atoms. The number of nitrogens with zero attached hydrogens (tertiary/aromatic N) is 6. The number of fused-ring (bicyclic) bond motifs is 1. The lowest BCUT2D eigenvalue weighted by Gasteiger charge is -2.33. The highest BCUT2D eigenvalue weighted by Crippen LogP contribution is 2.24. The van der Waals surface area contributed by atoms with Gasteiger partial charge in [-0.25, -0.2) is 18.9 Å². The number of piperidine rings is 1. The van der Waals surface area contributed by atoms with Gasteiger partial charge in [0.25, 0.3) is 0 Å². The summed E-state index contributed by atoms with van der Waals surface area (Å²) in [6.07, 6.45) is 6.02. The number of amides is 1. The topological polar surface area (TPSA) is 99.2 Å². The van der Waals surface area contributed by atoms with Crippen molar-refractivity contribution in [2.24, 2.45) is 0 Å². The van der Waals surface area contributed by atoms with Gasteiger partial charge in [-0.1, -0.05) is 6.07 Å². The molecule has 1 aliphatic heterocycles. The Hall–Kier alpha value is -3.54. The van der Waals surface area contributed by atoms with Crippen molar-refractivity contribution in [2.45, 2.75) is 25.3 Å². The average molecular weight is 379 g/mol. The monoisotopic (exact) mass is 379 g/mol. The van der Waals surface area contributed by atoms with Crippen LogP contribution < -0.4 is 5.32 Å². The Morgan fingerprint density at radius 2 is 2.29 bits per heavy atom. The molecule has 1 saturated heterocycles. The Morgan fingerprint density at radius 1 is 1.39 bits per heavy atom. The molecule has 1 aliphatic rings. The summed E-state index contributed by atoms with van der Waals surface area (Å²) in [4.78, 5) is 22.1. The second-order valence-corrected chi connectivity index (χ2v) is 6.64. The van der Waals surface area contributed by atoms with Crippen molar-refractivity contribution >= 4 is 17.2 Å². The summed E-state index contributed by atoms with van der Waals surface area (Å²) in [5.41, 5.74) is 1.53. The van der Waals surface area contributed by atoms with Crippen LogP contribution in [-0.4, -0.2) is 49.5 Å². The van der Waals surface area contributed by atoms with Gasteiger partial charge in [0, 0.05) is 25.3 Å². The lowest BCUT2D eigenvalue weighted by molar-refractivity contribution is -0.131. The third kappa shape index (κ3) is 3.49. The highest BCUT2D eigenvalue weighted by atomic mass is 19.1. The van der Waals surface area contributed by atoms with Crippen molar-refractivity contribution in [3.63, 3.8) is 0 Å². The van der Waals surface area contributed by atoms with E-state index in [4.69, 9.17) is 5.26 Å². The number of carbonyl (C=O) groups excluding carboxylic acids is 1. The first-order valence-corrected chi connectivity index (χ1v) is 9.02. The van der Waals surface area contributed by atoms with Gasteiger partial charge in [-0.2, -0.15) is 10.4 Å². The molecule has 1 N–H and O–H groups in total. The van der Waals surface area contributed by atoms with Crippen molar-refractivity contribution in [3.8, 4) is 17.5 Å². The summed E-state index contributed by atoms with van der Waals surface area (Å²) in [5.74, 6) is -0.289. The van der Waals surface area contributed by atoms with E-state index in [9.17, 15) is 9.18 Å². The fraction of sp³-hybridized carbons (Fsp3) is 0.316. The second-order valence-electron chi connectivity index (χ2n) is 6.64. The molecule has 4 heterocycles. The number of aromatic nitrogens is 4. The standard InChI is InChI=1S/C19H18FN7O/c20-15-11-22-18(14-10-23-27-9-2-1-5-16(14)27)25-19(15)24-13-4-3-8-26(12-13)17(28)6-7-21/h1-2,5,9-11,13H,3-4,6,8,12H2,(H,22,24,25)/t13-/m1/s1. The summed E-state index contributed by atoms with van der Waals surface area (Å²) >= 11 is 0. The van der Waals surface area contributed by atoms with Gasteiger partial charge in [-0.3, -0.25) is 4.79 Å². The first-order chi connectivity index (χ1) is 13.7. The Bertz CT molecular complexity index is 1060. The van der Waals surface area contributed by atoms with E-state index in [0.717, 1.165) is 24.6 Å². The molecule has 9 heteroatoms. The van der Waals surface area contributed by atoms with Gasteiger partial charge in [-0.15, -0.1) is 0 Å². The molecule has 0 radical (unpaired) electrons. The van der Waals surface area contributed by atoms with Gasteiger partial charge < -0.3 is 10.2 Å². The Labute approximate surface area is 160 Å². The Morgan fingerprint density at radius 3 is 3.14 bits per heavy atom. The van der Waals surface area contributed by atoms with Crippen LogP contribution in [0.2, 0.25) is 0 Å². The molecule has 4 rings (SSSR count). The van der Waals surface area contributed by atoms with E-state index in [-0.39, 0.29) is 24.2 Å². The molecule has 1 fully saturated rings. The molecule has 0 unspecified atom stereocenters. The number of halogens is 1. The first kappa shape index (κ1) is 17.9. The average Bonchev–Trinajstić information content (AvgIpc) is 3.14. The number of hydrogen-bond acceptors (Lipinski definition) is 6. The number of hydrogen-bond donors (Lipinski definition) is 1. The predicted octanol–water partition coefficient (Wildman–Crippen LogP) is 2.25. The lowest BCUT2D eigenvalue weighted by atomic mass is 10.1. The van der Waals surface area contributed by atoms with Crippen molar-refractivity contribution in [1.29, 1.82) is 5.26 Å². The van der Waals surface area contributed by atoms with Crippen LogP contribution in [-0.2, 0) is 4.79 Å². The van der Waals surface area contributed by atoms with Crippen LogP contribution in [0, 0.1) is 17.1 Å². The number of pyridine rings is 1. The molecular weight excluding hydrogens is 361 g/mol. The summed E-state index contributed by atoms with van der Waals surface area (Å²) in [7, 11) is 0. The highest BCUT2D eigenvalue weighted by molar-refractivity contribution is 5.78. The first-order valence-electron chi connectivity index (χ1n) is 9.02. The fourth-order valence-electron chi connectivity index (χ4n) is 3.40. The van der Waals surface area contributed by atoms with Gasteiger partial charge in [0.1, 0.15) is 6.42 Å². The van der Waals surface area contributed by atoms with Gasteiger partial charge in [-0.05, 0) is 25.0 Å². The van der Waals surface area contributed by atoms with Crippen molar-refractivity contribution < 1.29 is 9.18 Å². The summed E-state index contributed by atoms with van der Waals surface area (Å²) < 4.78 is 16.0. The third-order valence-corrected chi connectivity index (χ3v) is 4.76. The number of nitriles is 1. The maximum Gasteiger partial charge on any atom is 0.236 e. The van der Waals surface area contributed by atoms with E-state index in [1.807, 2.05) is 30.5 Å². The fourth-order valence-corrected chi connectivity index (χ4v) is 3.40. The van der Waals surface area contributed by atoms with Crippen LogP contribution in [0.5, 0.6) is 0 Å². The minimum absolute atomic E-state index is 0.0971. The molecule has 28 heavy (non-hydrogen) atoms. The maximum absolute atomic E-state index is 14.3. The van der Waals surface area contributed by atoms with Crippen LogP contribution in [0.3, 0.4) is 0 Å². The maximum atomic E-state index is 14.3. The van der Waals surface area contributed by atoms with Crippen molar-refractivity contribution in [1.82, 2.24) is 24.5 Å². The van der Waals surface area contributed by atoms with Crippen molar-refractivity contribution in [3.05, 3.63) is 42.6 Å². The third-order valence-electron chi connectivity index (χ3n) is 4.76. The molecular formula is C19H18FN7O. The lowest BCUT2D eigenvalue weighted by Crippen LogP contribution is -2.45. The predicted molar refractivity (Wildman–Crippen MR) is 99.6 cm³/mol. The largest absolute Gasteiger partial charge is 0.363 e. The number of rotatable bonds is 4. The van der Waals surface area contributed by atoms with E-state index >= 15 is 0 Å². The molecule has 8 nitrogen and oxygen atoms in total. The molecule has 0 saturated carbocycles. The smallest absolute Gasteiger partial charge is 0.236 e. The Balaban J connectivity index is 1.56. The van der Waals surface area contributed by atoms with Crippen LogP contribution >= 0.6 is 0 Å². The molecule has 0 spiro atoms. The summed E-state index contributed by atoms with van der Waals surface area (Å²) in [6, 6.07) is 7.38. The van der Waals surface area contributed by atoms with E-state index in [0.29, 0.717) is 24.5 Å².